The van der Waals surface area contributed by atoms with Gasteiger partial charge in [-0.2, -0.15) is 11.8 Å². The summed E-state index contributed by atoms with van der Waals surface area (Å²) in [6.45, 7) is 5.20. The van der Waals surface area contributed by atoms with Gasteiger partial charge in [0.15, 0.2) is 0 Å². The highest BCUT2D eigenvalue weighted by Crippen LogP contribution is 2.24. The van der Waals surface area contributed by atoms with Gasteiger partial charge in [-0.3, -0.25) is 0 Å². The fraction of sp³-hybridized carbons (Fsp3) is 0.500. The molecule has 0 radical (unpaired) electrons. The maximum absolute atomic E-state index is 5.83. The first-order valence-electron chi connectivity index (χ1n) is 4.64. The van der Waals surface area contributed by atoms with Crippen LogP contribution in [0.25, 0.3) is 0 Å². The van der Waals surface area contributed by atoms with E-state index >= 15 is 0 Å². The zero-order valence-electron chi connectivity index (χ0n) is 9.17. The molecule has 5 heteroatoms. The molecule has 0 aliphatic rings. The van der Waals surface area contributed by atoms with Gasteiger partial charge in [-0.1, -0.05) is 0 Å². The highest BCUT2D eigenvalue weighted by Gasteiger charge is 2.16. The summed E-state index contributed by atoms with van der Waals surface area (Å²) in [5, 5.41) is 3.25. The predicted molar refractivity (Wildman–Crippen MR) is 72.4 cm³/mol. The summed E-state index contributed by atoms with van der Waals surface area (Å²) >= 11 is 5.14. The highest BCUT2D eigenvalue weighted by atomic mass is 79.9. The van der Waals surface area contributed by atoms with Crippen LogP contribution in [0.4, 0.5) is 11.5 Å². The lowest BCUT2D eigenvalue weighted by molar-refractivity contribution is 0.750. The number of aromatic nitrogens is 1. The van der Waals surface area contributed by atoms with Crippen LogP contribution in [0.2, 0.25) is 0 Å². The third-order valence-electron chi connectivity index (χ3n) is 2.12. The molecule has 0 aliphatic heterocycles. The average molecular weight is 290 g/mol. The summed E-state index contributed by atoms with van der Waals surface area (Å²) < 4.78 is 1.08. The Balaban J connectivity index is 2.66. The van der Waals surface area contributed by atoms with Crippen molar-refractivity contribution in [3.8, 4) is 0 Å². The highest BCUT2D eigenvalue weighted by molar-refractivity contribution is 9.10. The number of hydrogen-bond donors (Lipinski definition) is 2. The van der Waals surface area contributed by atoms with Crippen LogP contribution in [0, 0.1) is 0 Å². The molecular formula is C10H16BrN3S. The number of nitrogens with one attached hydrogen (secondary N) is 1. The Bertz CT molecular complexity index is 341. The van der Waals surface area contributed by atoms with E-state index in [-0.39, 0.29) is 4.75 Å². The zero-order chi connectivity index (χ0) is 11.5. The molecule has 1 aromatic rings. The van der Waals surface area contributed by atoms with Crippen LogP contribution in [0.3, 0.4) is 0 Å². The van der Waals surface area contributed by atoms with E-state index in [0.717, 1.165) is 16.8 Å². The Morgan fingerprint density at radius 1 is 1.60 bits per heavy atom. The van der Waals surface area contributed by atoms with Crippen molar-refractivity contribution in [3.63, 3.8) is 0 Å². The molecule has 0 aliphatic carbocycles. The molecule has 1 aromatic heterocycles. The predicted octanol–water partition coefficient (Wildman–Crippen LogP) is 2.98. The second-order valence-electron chi connectivity index (χ2n) is 3.91. The Hall–Kier alpha value is -0.420. The van der Waals surface area contributed by atoms with Crippen LogP contribution >= 0.6 is 27.7 Å². The minimum absolute atomic E-state index is 0.182. The lowest BCUT2D eigenvalue weighted by Crippen LogP contribution is -2.26. The minimum Gasteiger partial charge on any atom is -0.396 e. The van der Waals surface area contributed by atoms with Crippen molar-refractivity contribution in [2.24, 2.45) is 0 Å². The summed E-state index contributed by atoms with van der Waals surface area (Å²) in [5.74, 6) is 0.750. The second-order valence-corrected chi connectivity index (χ2v) is 6.34. The topological polar surface area (TPSA) is 50.9 Å². The molecule has 0 amide bonds. The third-order valence-corrected chi connectivity index (χ3v) is 3.80. The van der Waals surface area contributed by atoms with Crippen molar-refractivity contribution in [3.05, 3.63) is 16.7 Å². The summed E-state index contributed by atoms with van der Waals surface area (Å²) in [6.07, 6.45) is 3.84. The first-order chi connectivity index (χ1) is 6.94. The van der Waals surface area contributed by atoms with Gasteiger partial charge in [0.05, 0.1) is 5.69 Å². The van der Waals surface area contributed by atoms with Gasteiger partial charge in [-0.05, 0) is 42.1 Å². The number of rotatable bonds is 4. The van der Waals surface area contributed by atoms with E-state index < -0.39 is 0 Å². The minimum atomic E-state index is 0.182. The molecule has 0 bridgehead atoms. The molecule has 3 nitrogen and oxygen atoms in total. The number of hydrogen-bond acceptors (Lipinski definition) is 4. The fourth-order valence-electron chi connectivity index (χ4n) is 0.971. The first-order valence-corrected chi connectivity index (χ1v) is 6.66. The molecule has 1 rings (SSSR count). The van der Waals surface area contributed by atoms with Gasteiger partial charge in [-0.15, -0.1) is 0 Å². The summed E-state index contributed by atoms with van der Waals surface area (Å²) in [6, 6.07) is 1.85. The SMILES string of the molecule is CSC(C)(C)CNc1ncc(Br)cc1N. The molecule has 3 N–H and O–H groups in total. The van der Waals surface area contributed by atoms with E-state index in [4.69, 9.17) is 5.73 Å². The number of nitrogens with two attached hydrogens (primary N) is 1. The molecule has 1 heterocycles. The van der Waals surface area contributed by atoms with Crippen molar-refractivity contribution in [1.82, 2.24) is 4.98 Å². The van der Waals surface area contributed by atoms with E-state index in [2.05, 4.69) is 46.3 Å². The van der Waals surface area contributed by atoms with Crippen molar-refractivity contribution in [1.29, 1.82) is 0 Å². The summed E-state index contributed by atoms with van der Waals surface area (Å²) in [5.41, 5.74) is 6.50. The molecule has 0 unspecified atom stereocenters. The summed E-state index contributed by atoms with van der Waals surface area (Å²) in [7, 11) is 0. The number of halogens is 1. The fourth-order valence-corrected chi connectivity index (χ4v) is 1.54. The Labute approximate surface area is 103 Å². The van der Waals surface area contributed by atoms with Gasteiger partial charge in [0.2, 0.25) is 0 Å². The van der Waals surface area contributed by atoms with Crippen LogP contribution < -0.4 is 11.1 Å². The van der Waals surface area contributed by atoms with Crippen LogP contribution in [0.5, 0.6) is 0 Å². The molecule has 0 saturated heterocycles. The van der Waals surface area contributed by atoms with Gasteiger partial charge >= 0.3 is 0 Å². The average Bonchev–Trinajstić information content (AvgIpc) is 2.16. The summed E-state index contributed by atoms with van der Waals surface area (Å²) in [4.78, 5) is 4.22. The third kappa shape index (κ3) is 3.91. The van der Waals surface area contributed by atoms with E-state index in [1.54, 1.807) is 6.20 Å². The molecule has 0 fully saturated rings. The van der Waals surface area contributed by atoms with Crippen LogP contribution in [0.15, 0.2) is 16.7 Å². The normalized spacial score (nSPS) is 11.5. The van der Waals surface area contributed by atoms with Gasteiger partial charge in [0, 0.05) is 22.0 Å². The number of nitrogen functional groups attached to an aromatic ring is 1. The number of thioether (sulfide) groups is 1. The molecule has 84 valence electrons. The van der Waals surface area contributed by atoms with Crippen LogP contribution in [-0.4, -0.2) is 22.5 Å². The van der Waals surface area contributed by atoms with E-state index in [1.165, 1.54) is 0 Å². The van der Waals surface area contributed by atoms with E-state index in [1.807, 2.05) is 17.8 Å². The second kappa shape index (κ2) is 5.07. The molecule has 0 aromatic carbocycles. The molecule has 15 heavy (non-hydrogen) atoms. The molecule has 0 spiro atoms. The van der Waals surface area contributed by atoms with Crippen molar-refractivity contribution in [2.45, 2.75) is 18.6 Å². The van der Waals surface area contributed by atoms with Crippen molar-refractivity contribution >= 4 is 39.2 Å². The van der Waals surface area contributed by atoms with Gasteiger partial charge in [0.25, 0.3) is 0 Å². The number of anilines is 2. The maximum Gasteiger partial charge on any atom is 0.149 e. The quantitative estimate of drug-likeness (QED) is 0.895. The molecule has 0 atom stereocenters. The van der Waals surface area contributed by atoms with Crippen LogP contribution in [0.1, 0.15) is 13.8 Å². The zero-order valence-corrected chi connectivity index (χ0v) is 11.6. The van der Waals surface area contributed by atoms with E-state index in [0.29, 0.717) is 5.69 Å². The number of pyridine rings is 1. The molecule has 0 saturated carbocycles. The maximum atomic E-state index is 5.83. The molecular weight excluding hydrogens is 274 g/mol. The van der Waals surface area contributed by atoms with Gasteiger partial charge in [0.1, 0.15) is 5.82 Å². The first kappa shape index (κ1) is 12.6. The van der Waals surface area contributed by atoms with Gasteiger partial charge < -0.3 is 11.1 Å². The smallest absolute Gasteiger partial charge is 0.149 e. The Kier molecular flexibility index (Phi) is 4.28. The van der Waals surface area contributed by atoms with Crippen LogP contribution in [-0.2, 0) is 0 Å². The standard InChI is InChI=1S/C10H16BrN3S/c1-10(2,15-3)6-14-9-8(12)4-7(11)5-13-9/h4-5H,6,12H2,1-3H3,(H,13,14). The lowest BCUT2D eigenvalue weighted by Gasteiger charge is -2.22. The van der Waals surface area contributed by atoms with E-state index in [9.17, 15) is 0 Å². The lowest BCUT2D eigenvalue weighted by atomic mass is 10.2. The largest absolute Gasteiger partial charge is 0.396 e. The Morgan fingerprint density at radius 2 is 2.27 bits per heavy atom. The number of nitrogens with zero attached hydrogens (tertiary/aromatic N) is 1. The van der Waals surface area contributed by atoms with Gasteiger partial charge in [-0.25, -0.2) is 4.98 Å². The Morgan fingerprint density at radius 3 is 2.80 bits per heavy atom. The van der Waals surface area contributed by atoms with Crippen molar-refractivity contribution < 1.29 is 0 Å². The van der Waals surface area contributed by atoms with Crippen molar-refractivity contribution in [2.75, 3.05) is 23.9 Å². The monoisotopic (exact) mass is 289 g/mol.